The first kappa shape index (κ1) is 26.9. The van der Waals surface area contributed by atoms with Gasteiger partial charge in [-0.1, -0.05) is 12.6 Å². The summed E-state index contributed by atoms with van der Waals surface area (Å²) in [6.07, 6.45) is 2.92. The van der Waals surface area contributed by atoms with E-state index in [1.165, 1.54) is 11.0 Å². The predicted octanol–water partition coefficient (Wildman–Crippen LogP) is 4.20. The average Bonchev–Trinajstić information content (AvgIpc) is 2.95. The van der Waals surface area contributed by atoms with Gasteiger partial charge in [-0.15, -0.1) is 0 Å². The van der Waals surface area contributed by atoms with Crippen LogP contribution in [0.25, 0.3) is 0 Å². The number of anilines is 6. The topological polar surface area (TPSA) is 106 Å². The lowest BCUT2D eigenvalue weighted by Gasteiger charge is -2.34. The van der Waals surface area contributed by atoms with Crippen LogP contribution in [0.4, 0.5) is 39.3 Å². The fourth-order valence-corrected chi connectivity index (χ4v) is 4.77. The molecule has 2 aliphatic heterocycles. The van der Waals surface area contributed by atoms with Crippen LogP contribution >= 0.6 is 0 Å². The first-order valence-corrected chi connectivity index (χ1v) is 13.3. The van der Waals surface area contributed by atoms with E-state index in [1.54, 1.807) is 42.4 Å². The van der Waals surface area contributed by atoms with Gasteiger partial charge < -0.3 is 30.1 Å². The molecule has 3 amide bonds. The van der Waals surface area contributed by atoms with E-state index in [0.717, 1.165) is 43.1 Å². The minimum absolute atomic E-state index is 0.240. The number of likely N-dealkylation sites (N-methyl/N-ethyl adjacent to an activating group) is 1. The second kappa shape index (κ2) is 11.6. The molecule has 0 aliphatic carbocycles. The Morgan fingerprint density at radius 2 is 1.90 bits per heavy atom. The molecular weight excluding hydrogens is 508 g/mol. The zero-order valence-electron chi connectivity index (χ0n) is 23.1. The van der Waals surface area contributed by atoms with Gasteiger partial charge in [0.25, 0.3) is 0 Å². The Kier molecular flexibility index (Phi) is 7.83. The summed E-state index contributed by atoms with van der Waals surface area (Å²) in [5, 5.41) is 6.03. The minimum atomic E-state index is -0.336. The number of hydrogen-bond acceptors (Lipinski definition) is 8. The highest BCUT2D eigenvalue weighted by atomic mass is 16.5. The number of hydrogen-bond donors (Lipinski definition) is 2. The van der Waals surface area contributed by atoms with Gasteiger partial charge in [0.05, 0.1) is 24.5 Å². The first-order chi connectivity index (χ1) is 19.4. The van der Waals surface area contributed by atoms with E-state index in [0.29, 0.717) is 42.0 Å². The molecule has 11 heteroatoms. The first-order valence-electron chi connectivity index (χ1n) is 13.3. The zero-order chi connectivity index (χ0) is 28.2. The summed E-state index contributed by atoms with van der Waals surface area (Å²) in [6.45, 7) is 10.3. The number of benzene rings is 2. The second-order valence-corrected chi connectivity index (χ2v) is 9.79. The molecule has 11 nitrogen and oxygen atoms in total. The number of aromatic nitrogens is 2. The molecule has 1 fully saturated rings. The number of ether oxygens (including phenoxy) is 1. The molecule has 2 N–H and O–H groups in total. The molecule has 0 radical (unpaired) electrons. The Morgan fingerprint density at radius 1 is 1.10 bits per heavy atom. The van der Waals surface area contributed by atoms with Gasteiger partial charge >= 0.3 is 6.03 Å². The summed E-state index contributed by atoms with van der Waals surface area (Å²) >= 11 is 0. The van der Waals surface area contributed by atoms with E-state index in [2.05, 4.69) is 45.1 Å². The standard InChI is InChI=1S/C29H34N8O3/c1-5-26(38)31-21-8-7-9-23(16-21)37-27-20(19-35(4)29(37)39)18-30-28(33-27)32-24-11-10-22(17-25(24)40-6-2)36-14-12-34(3)13-15-36/h5,7-11,16-18H,1,6,12-15,19H2,2-4H3,(H,31,38)(H,30,32,33). The van der Waals surface area contributed by atoms with Gasteiger partial charge in [0.15, 0.2) is 5.82 Å². The van der Waals surface area contributed by atoms with Crippen LogP contribution in [-0.2, 0) is 11.3 Å². The molecule has 208 valence electrons. The highest BCUT2D eigenvalue weighted by molar-refractivity contribution is 6.03. The van der Waals surface area contributed by atoms with Crippen LogP contribution in [0.1, 0.15) is 12.5 Å². The third-order valence-corrected chi connectivity index (χ3v) is 6.92. The van der Waals surface area contributed by atoms with Crippen molar-refractivity contribution in [2.75, 3.05) is 67.3 Å². The van der Waals surface area contributed by atoms with Gasteiger partial charge in [-0.2, -0.15) is 4.98 Å². The van der Waals surface area contributed by atoms with Crippen LogP contribution in [0, 0.1) is 0 Å². The molecule has 40 heavy (non-hydrogen) atoms. The molecular formula is C29H34N8O3. The quantitative estimate of drug-likeness (QED) is 0.408. The molecule has 1 aromatic heterocycles. The summed E-state index contributed by atoms with van der Waals surface area (Å²) < 4.78 is 5.98. The summed E-state index contributed by atoms with van der Waals surface area (Å²) in [4.78, 5) is 42.3. The van der Waals surface area contributed by atoms with Crippen molar-refractivity contribution in [3.8, 4) is 5.75 Å². The number of nitrogens with one attached hydrogen (secondary N) is 2. The number of amides is 3. The van der Waals surface area contributed by atoms with Gasteiger partial charge in [0.1, 0.15) is 5.75 Å². The lowest BCUT2D eigenvalue weighted by Crippen LogP contribution is -2.44. The Hall–Kier alpha value is -4.64. The Morgan fingerprint density at radius 3 is 2.65 bits per heavy atom. The lowest BCUT2D eigenvalue weighted by molar-refractivity contribution is -0.111. The summed E-state index contributed by atoms with van der Waals surface area (Å²) in [7, 11) is 3.86. The van der Waals surface area contributed by atoms with Crippen LogP contribution in [0.2, 0.25) is 0 Å². The molecule has 2 aliphatic rings. The Balaban J connectivity index is 1.45. The molecule has 0 spiro atoms. The minimum Gasteiger partial charge on any atom is -0.492 e. The number of piperazine rings is 1. The van der Waals surface area contributed by atoms with Crippen LogP contribution in [-0.4, -0.2) is 78.6 Å². The van der Waals surface area contributed by atoms with E-state index >= 15 is 0 Å². The second-order valence-electron chi connectivity index (χ2n) is 9.79. The summed E-state index contributed by atoms with van der Waals surface area (Å²) in [5.74, 6) is 1.18. The van der Waals surface area contributed by atoms with Crippen molar-refractivity contribution in [3.63, 3.8) is 0 Å². The molecule has 5 rings (SSSR count). The van der Waals surface area contributed by atoms with Gasteiger partial charge in [0, 0.05) is 62.4 Å². The van der Waals surface area contributed by atoms with E-state index in [1.807, 2.05) is 19.1 Å². The van der Waals surface area contributed by atoms with Gasteiger partial charge in [-0.05, 0) is 50.4 Å². The van der Waals surface area contributed by atoms with Gasteiger partial charge in [-0.25, -0.2) is 14.7 Å². The van der Waals surface area contributed by atoms with Crippen molar-refractivity contribution in [1.29, 1.82) is 0 Å². The SMILES string of the molecule is C=CC(=O)Nc1cccc(N2C(=O)N(C)Cc3cnc(Nc4ccc(N5CCN(C)CC5)cc4OCC)nc32)c1. The molecule has 0 bridgehead atoms. The van der Waals surface area contributed by atoms with Crippen molar-refractivity contribution < 1.29 is 14.3 Å². The van der Waals surface area contributed by atoms with Gasteiger partial charge in [-0.3, -0.25) is 4.79 Å². The van der Waals surface area contributed by atoms with Crippen LogP contribution in [0.3, 0.4) is 0 Å². The van der Waals surface area contributed by atoms with Crippen LogP contribution in [0.5, 0.6) is 5.75 Å². The van der Waals surface area contributed by atoms with Crippen molar-refractivity contribution >= 4 is 46.5 Å². The third-order valence-electron chi connectivity index (χ3n) is 6.92. The maximum absolute atomic E-state index is 13.3. The van der Waals surface area contributed by atoms with Crippen LogP contribution < -0.4 is 25.2 Å². The number of urea groups is 1. The molecule has 0 saturated carbocycles. The molecule has 3 aromatic rings. The van der Waals surface area contributed by atoms with Crippen molar-refractivity contribution in [2.45, 2.75) is 13.5 Å². The maximum atomic E-state index is 13.3. The van der Waals surface area contributed by atoms with Crippen molar-refractivity contribution in [3.05, 3.63) is 66.9 Å². The highest BCUT2D eigenvalue weighted by Gasteiger charge is 2.32. The smallest absolute Gasteiger partial charge is 0.330 e. The van der Waals surface area contributed by atoms with E-state index in [9.17, 15) is 9.59 Å². The molecule has 3 heterocycles. The molecule has 1 saturated heterocycles. The van der Waals surface area contributed by atoms with E-state index in [4.69, 9.17) is 9.72 Å². The fraction of sp³-hybridized carbons (Fsp3) is 0.310. The number of nitrogens with zero attached hydrogens (tertiary/aromatic N) is 6. The number of fused-ring (bicyclic) bond motifs is 1. The summed E-state index contributed by atoms with van der Waals surface area (Å²) in [5.41, 5.74) is 3.75. The van der Waals surface area contributed by atoms with E-state index < -0.39 is 0 Å². The fourth-order valence-electron chi connectivity index (χ4n) is 4.77. The molecule has 0 unspecified atom stereocenters. The zero-order valence-corrected chi connectivity index (χ0v) is 23.1. The highest BCUT2D eigenvalue weighted by Crippen LogP contribution is 2.36. The lowest BCUT2D eigenvalue weighted by atomic mass is 10.2. The monoisotopic (exact) mass is 542 g/mol. The number of rotatable bonds is 8. The third kappa shape index (κ3) is 5.69. The van der Waals surface area contributed by atoms with Crippen molar-refractivity contribution in [1.82, 2.24) is 19.8 Å². The largest absolute Gasteiger partial charge is 0.492 e. The Labute approximate surface area is 234 Å². The average molecular weight is 543 g/mol. The molecule has 0 atom stereocenters. The number of carbonyl (C=O) groups is 2. The Bertz CT molecular complexity index is 1420. The normalized spacial score (nSPS) is 15.5. The maximum Gasteiger partial charge on any atom is 0.330 e. The van der Waals surface area contributed by atoms with E-state index in [-0.39, 0.29) is 11.9 Å². The number of carbonyl (C=O) groups excluding carboxylic acids is 2. The van der Waals surface area contributed by atoms with Gasteiger partial charge in [0.2, 0.25) is 11.9 Å². The predicted molar refractivity (Wildman–Crippen MR) is 157 cm³/mol. The van der Waals surface area contributed by atoms with Crippen LogP contribution in [0.15, 0.2) is 61.3 Å². The molecule has 2 aromatic carbocycles. The summed E-state index contributed by atoms with van der Waals surface area (Å²) in [6, 6.07) is 12.9. The van der Waals surface area contributed by atoms with Crippen molar-refractivity contribution in [2.24, 2.45) is 0 Å².